The molecule has 0 aromatic heterocycles. The van der Waals surface area contributed by atoms with E-state index in [9.17, 15) is 4.79 Å². The quantitative estimate of drug-likeness (QED) is 0.916. The molecule has 0 amide bonds. The average molecular weight is 264 g/mol. The van der Waals surface area contributed by atoms with Crippen LogP contribution in [0.1, 0.15) is 40.7 Å². The van der Waals surface area contributed by atoms with Crippen LogP contribution in [0.15, 0.2) is 54.6 Å². The molecule has 2 aromatic carbocycles. The Morgan fingerprint density at radius 1 is 0.850 bits per heavy atom. The van der Waals surface area contributed by atoms with Crippen LogP contribution in [0.4, 0.5) is 0 Å². The Morgan fingerprint density at radius 3 is 2.10 bits per heavy atom. The first-order chi connectivity index (χ1) is 9.64. The fraction of sp³-hybridized carbons (Fsp3) is 0.278. The Balaban J connectivity index is 1.60. The second-order valence-electron chi connectivity index (χ2n) is 6.34. The molecule has 3 saturated carbocycles. The first-order valence-corrected chi connectivity index (χ1v) is 7.03. The number of carboxylic acids is 1. The van der Waals surface area contributed by atoms with Crippen LogP contribution in [0, 0.1) is 0 Å². The third-order valence-corrected chi connectivity index (χ3v) is 5.14. The molecule has 100 valence electrons. The van der Waals surface area contributed by atoms with E-state index in [1.54, 1.807) is 6.07 Å². The SMILES string of the molecule is O=C(O)c1cccc(C23CC(c4ccccc4)(C2)C3)c1. The van der Waals surface area contributed by atoms with Gasteiger partial charge >= 0.3 is 5.97 Å². The summed E-state index contributed by atoms with van der Waals surface area (Å²) < 4.78 is 0. The number of aromatic carboxylic acids is 1. The van der Waals surface area contributed by atoms with E-state index in [2.05, 4.69) is 36.4 Å². The normalized spacial score (nSPS) is 30.2. The van der Waals surface area contributed by atoms with Gasteiger partial charge in [0, 0.05) is 0 Å². The lowest BCUT2D eigenvalue weighted by molar-refractivity contribution is -0.0693. The minimum absolute atomic E-state index is 0.237. The van der Waals surface area contributed by atoms with Crippen molar-refractivity contribution in [3.63, 3.8) is 0 Å². The van der Waals surface area contributed by atoms with Crippen LogP contribution in [0.5, 0.6) is 0 Å². The first-order valence-electron chi connectivity index (χ1n) is 7.03. The highest BCUT2D eigenvalue weighted by molar-refractivity contribution is 5.87. The standard InChI is InChI=1S/C18H16O2/c19-16(20)13-5-4-8-15(9-13)18-10-17(11-18,12-18)14-6-2-1-3-7-14/h1-9H,10-12H2,(H,19,20). The van der Waals surface area contributed by atoms with Gasteiger partial charge in [0.05, 0.1) is 5.56 Å². The van der Waals surface area contributed by atoms with E-state index in [0.717, 1.165) is 19.3 Å². The minimum Gasteiger partial charge on any atom is -0.478 e. The smallest absolute Gasteiger partial charge is 0.335 e. The van der Waals surface area contributed by atoms with Crippen molar-refractivity contribution in [2.45, 2.75) is 30.1 Å². The van der Waals surface area contributed by atoms with E-state index < -0.39 is 5.97 Å². The van der Waals surface area contributed by atoms with Crippen molar-refractivity contribution < 1.29 is 9.90 Å². The molecular weight excluding hydrogens is 248 g/mol. The van der Waals surface area contributed by atoms with Crippen LogP contribution in [-0.2, 0) is 10.8 Å². The van der Waals surface area contributed by atoms with Gasteiger partial charge in [-0.25, -0.2) is 4.79 Å². The Kier molecular flexibility index (Phi) is 2.18. The Labute approximate surface area is 118 Å². The molecule has 0 radical (unpaired) electrons. The van der Waals surface area contributed by atoms with Gasteiger partial charge in [-0.15, -0.1) is 0 Å². The van der Waals surface area contributed by atoms with E-state index >= 15 is 0 Å². The van der Waals surface area contributed by atoms with Crippen molar-refractivity contribution in [1.29, 1.82) is 0 Å². The molecule has 2 heteroatoms. The van der Waals surface area contributed by atoms with Crippen LogP contribution in [-0.4, -0.2) is 11.1 Å². The predicted molar refractivity (Wildman–Crippen MR) is 77.1 cm³/mol. The number of hydrogen-bond acceptors (Lipinski definition) is 1. The van der Waals surface area contributed by atoms with Crippen molar-refractivity contribution in [1.82, 2.24) is 0 Å². The Hall–Kier alpha value is -2.09. The summed E-state index contributed by atoms with van der Waals surface area (Å²) in [5.41, 5.74) is 3.65. The molecule has 3 aliphatic rings. The van der Waals surface area contributed by atoms with Gasteiger partial charge < -0.3 is 5.11 Å². The zero-order valence-electron chi connectivity index (χ0n) is 11.2. The van der Waals surface area contributed by atoms with Crippen molar-refractivity contribution >= 4 is 5.97 Å². The molecule has 0 aliphatic heterocycles. The molecule has 20 heavy (non-hydrogen) atoms. The maximum atomic E-state index is 11.1. The van der Waals surface area contributed by atoms with Gasteiger partial charge in [0.2, 0.25) is 0 Å². The maximum absolute atomic E-state index is 11.1. The van der Waals surface area contributed by atoms with E-state index in [0.29, 0.717) is 11.0 Å². The summed E-state index contributed by atoms with van der Waals surface area (Å²) in [7, 11) is 0. The molecule has 1 N–H and O–H groups in total. The molecular formula is C18H16O2. The molecule has 0 atom stereocenters. The second-order valence-corrected chi connectivity index (χ2v) is 6.34. The van der Waals surface area contributed by atoms with Gasteiger partial charge in [0.15, 0.2) is 0 Å². The molecule has 3 fully saturated rings. The number of benzene rings is 2. The lowest BCUT2D eigenvalue weighted by atomic mass is 9.32. The fourth-order valence-corrected chi connectivity index (χ4v) is 4.17. The molecule has 2 aromatic rings. The van der Waals surface area contributed by atoms with Gasteiger partial charge in [0.1, 0.15) is 0 Å². The van der Waals surface area contributed by atoms with Crippen molar-refractivity contribution in [3.8, 4) is 0 Å². The monoisotopic (exact) mass is 264 g/mol. The summed E-state index contributed by atoms with van der Waals surface area (Å²) in [5, 5.41) is 9.11. The number of rotatable bonds is 3. The average Bonchev–Trinajstić information content (AvgIpc) is 2.37. The number of hydrogen-bond donors (Lipinski definition) is 1. The molecule has 0 spiro atoms. The maximum Gasteiger partial charge on any atom is 0.335 e. The fourth-order valence-electron chi connectivity index (χ4n) is 4.17. The number of carbonyl (C=O) groups is 1. The molecule has 5 rings (SSSR count). The highest BCUT2D eigenvalue weighted by atomic mass is 16.4. The van der Waals surface area contributed by atoms with E-state index in [1.165, 1.54) is 11.1 Å². The van der Waals surface area contributed by atoms with Crippen LogP contribution in [0.25, 0.3) is 0 Å². The van der Waals surface area contributed by atoms with E-state index in [4.69, 9.17) is 5.11 Å². The van der Waals surface area contributed by atoms with Crippen molar-refractivity contribution in [2.75, 3.05) is 0 Å². The third kappa shape index (κ3) is 1.42. The summed E-state index contributed by atoms with van der Waals surface area (Å²) in [6, 6.07) is 18.2. The van der Waals surface area contributed by atoms with Crippen LogP contribution in [0.2, 0.25) is 0 Å². The van der Waals surface area contributed by atoms with Crippen molar-refractivity contribution in [3.05, 3.63) is 71.3 Å². The molecule has 3 aliphatic carbocycles. The number of carboxylic acid groups (broad SMARTS) is 1. The Bertz CT molecular complexity index is 668. The highest BCUT2D eigenvalue weighted by Gasteiger charge is 2.68. The summed E-state index contributed by atoms with van der Waals surface area (Å²) in [4.78, 5) is 11.1. The molecule has 0 heterocycles. The molecule has 0 unspecified atom stereocenters. The Morgan fingerprint density at radius 2 is 1.45 bits per heavy atom. The van der Waals surface area contributed by atoms with Gasteiger partial charge in [0.25, 0.3) is 0 Å². The van der Waals surface area contributed by atoms with Gasteiger partial charge in [-0.2, -0.15) is 0 Å². The molecule has 0 saturated heterocycles. The molecule has 2 bridgehead atoms. The molecule has 2 nitrogen and oxygen atoms in total. The summed E-state index contributed by atoms with van der Waals surface area (Å²) in [6.45, 7) is 0. The predicted octanol–water partition coefficient (Wildman–Crippen LogP) is 3.76. The van der Waals surface area contributed by atoms with Crippen LogP contribution >= 0.6 is 0 Å². The van der Waals surface area contributed by atoms with Crippen molar-refractivity contribution in [2.24, 2.45) is 0 Å². The van der Waals surface area contributed by atoms with Crippen LogP contribution < -0.4 is 0 Å². The summed E-state index contributed by atoms with van der Waals surface area (Å²) >= 11 is 0. The van der Waals surface area contributed by atoms with E-state index in [1.807, 2.05) is 12.1 Å². The largest absolute Gasteiger partial charge is 0.478 e. The zero-order chi connectivity index (χ0) is 13.8. The van der Waals surface area contributed by atoms with E-state index in [-0.39, 0.29) is 5.41 Å². The third-order valence-electron chi connectivity index (χ3n) is 5.14. The summed E-state index contributed by atoms with van der Waals surface area (Å²) in [6.07, 6.45) is 3.48. The van der Waals surface area contributed by atoms with Gasteiger partial charge in [-0.3, -0.25) is 0 Å². The summed E-state index contributed by atoms with van der Waals surface area (Å²) in [5.74, 6) is -0.837. The lowest BCUT2D eigenvalue weighted by Crippen LogP contribution is -2.67. The van der Waals surface area contributed by atoms with Gasteiger partial charge in [-0.05, 0) is 53.4 Å². The zero-order valence-corrected chi connectivity index (χ0v) is 11.2. The lowest BCUT2D eigenvalue weighted by Gasteiger charge is -2.71. The minimum atomic E-state index is -0.837. The highest BCUT2D eigenvalue weighted by Crippen LogP contribution is 2.73. The van der Waals surface area contributed by atoms with Gasteiger partial charge in [-0.1, -0.05) is 42.5 Å². The first kappa shape index (κ1) is 11.7. The van der Waals surface area contributed by atoms with Crippen LogP contribution in [0.3, 0.4) is 0 Å². The second kappa shape index (κ2) is 3.72. The topological polar surface area (TPSA) is 37.3 Å².